The Kier molecular flexibility index (Phi) is 6.24. The lowest BCUT2D eigenvalue weighted by molar-refractivity contribution is 0.103. The van der Waals surface area contributed by atoms with Crippen molar-refractivity contribution < 1.29 is 4.74 Å². The minimum Gasteiger partial charge on any atom is -0.489 e. The van der Waals surface area contributed by atoms with Crippen molar-refractivity contribution in [1.29, 1.82) is 0 Å². The Hall–Kier alpha value is -1.49. The molecule has 2 aromatic rings. The first-order valence-electron chi connectivity index (χ1n) is 10.4. The highest BCUT2D eigenvalue weighted by atomic mass is 79.9. The first kappa shape index (κ1) is 20.8. The van der Waals surface area contributed by atoms with Crippen LogP contribution < -0.4 is 15.8 Å². The van der Waals surface area contributed by atoms with Gasteiger partial charge in [-0.2, -0.15) is 0 Å². The maximum absolute atomic E-state index is 6.67. The molecule has 1 atom stereocenters. The summed E-state index contributed by atoms with van der Waals surface area (Å²) in [5.74, 6) is 0.789. The smallest absolute Gasteiger partial charge is 0.138 e. The molecule has 154 valence electrons. The van der Waals surface area contributed by atoms with Gasteiger partial charge in [0.1, 0.15) is 5.75 Å². The van der Waals surface area contributed by atoms with Crippen LogP contribution in [0.5, 0.6) is 5.75 Å². The molecule has 0 bridgehead atoms. The molecule has 1 aliphatic carbocycles. The van der Waals surface area contributed by atoms with Gasteiger partial charge in [0.15, 0.2) is 0 Å². The van der Waals surface area contributed by atoms with Crippen molar-refractivity contribution in [2.45, 2.75) is 63.1 Å². The molecule has 0 radical (unpaired) electrons. The Morgan fingerprint density at radius 3 is 2.79 bits per heavy atom. The lowest BCUT2D eigenvalue weighted by Gasteiger charge is -2.44. The summed E-state index contributed by atoms with van der Waals surface area (Å²) in [4.78, 5) is 0. The average molecular weight is 476 g/mol. The first-order chi connectivity index (χ1) is 14.0. The SMILES string of the molecule is CC[C@@H](N)[C@]1(c2cccc(Br)c2)CC[C@@H](Oc2cc3c(cc2Cl)CNC=C3)CC1. The summed E-state index contributed by atoms with van der Waals surface area (Å²) >= 11 is 10.1. The summed E-state index contributed by atoms with van der Waals surface area (Å²) in [6.45, 7) is 2.99. The Balaban J connectivity index is 1.51. The largest absolute Gasteiger partial charge is 0.489 e. The van der Waals surface area contributed by atoms with Crippen LogP contribution in [0.3, 0.4) is 0 Å². The van der Waals surface area contributed by atoms with Crippen LogP contribution in [0, 0.1) is 0 Å². The number of rotatable bonds is 5. The van der Waals surface area contributed by atoms with Crippen LogP contribution >= 0.6 is 27.5 Å². The van der Waals surface area contributed by atoms with Crippen molar-refractivity contribution in [3.05, 3.63) is 68.8 Å². The molecule has 0 unspecified atom stereocenters. The molecule has 2 aromatic carbocycles. The molecular formula is C24H28BrClN2O. The van der Waals surface area contributed by atoms with Gasteiger partial charge in [0.2, 0.25) is 0 Å². The third kappa shape index (κ3) is 4.21. The van der Waals surface area contributed by atoms with Crippen molar-refractivity contribution in [2.75, 3.05) is 0 Å². The molecular weight excluding hydrogens is 448 g/mol. The molecule has 3 nitrogen and oxygen atoms in total. The van der Waals surface area contributed by atoms with E-state index in [1.54, 1.807) is 0 Å². The van der Waals surface area contributed by atoms with E-state index in [2.05, 4.69) is 64.6 Å². The van der Waals surface area contributed by atoms with Crippen molar-refractivity contribution in [2.24, 2.45) is 5.73 Å². The molecule has 0 saturated heterocycles. The van der Waals surface area contributed by atoms with Crippen LogP contribution in [-0.2, 0) is 12.0 Å². The number of halogens is 2. The third-order valence-corrected chi connectivity index (χ3v) is 7.32. The van der Waals surface area contributed by atoms with Gasteiger partial charge in [-0.25, -0.2) is 0 Å². The van der Waals surface area contributed by atoms with Crippen molar-refractivity contribution >= 4 is 33.6 Å². The second kappa shape index (κ2) is 8.71. The molecule has 1 aliphatic heterocycles. The van der Waals surface area contributed by atoms with Gasteiger partial charge in [-0.1, -0.05) is 46.6 Å². The molecule has 0 amide bonds. The molecule has 1 saturated carbocycles. The van der Waals surface area contributed by atoms with Gasteiger partial charge in [-0.15, -0.1) is 0 Å². The monoisotopic (exact) mass is 474 g/mol. The standard InChI is InChI=1S/C24H28BrClN2O/c1-2-23(27)24(18-4-3-5-19(25)14-18)9-6-20(7-10-24)29-22-13-16-8-11-28-15-17(16)12-21(22)26/h3-5,8,11-14,20,23,28H,2,6-7,9-10,15,27H2,1H3/t20-,23-,24-/m1/s1. The fraction of sp³-hybridized carbons (Fsp3) is 0.417. The molecule has 3 N–H and O–H groups in total. The maximum Gasteiger partial charge on any atom is 0.138 e. The summed E-state index contributed by atoms with van der Waals surface area (Å²) in [5.41, 5.74) is 10.4. The van der Waals surface area contributed by atoms with Gasteiger partial charge in [-0.3, -0.25) is 0 Å². The fourth-order valence-electron chi connectivity index (χ4n) is 4.79. The molecule has 2 aliphatic rings. The Morgan fingerprint density at radius 2 is 2.07 bits per heavy atom. The first-order valence-corrected chi connectivity index (χ1v) is 11.6. The van der Waals surface area contributed by atoms with Crippen LogP contribution in [0.4, 0.5) is 0 Å². The molecule has 29 heavy (non-hydrogen) atoms. The maximum atomic E-state index is 6.67. The van der Waals surface area contributed by atoms with E-state index < -0.39 is 0 Å². The zero-order valence-corrected chi connectivity index (χ0v) is 19.1. The summed E-state index contributed by atoms with van der Waals surface area (Å²) < 4.78 is 7.49. The number of nitrogens with two attached hydrogens (primary N) is 1. The minimum atomic E-state index is 0.00639. The van der Waals surface area contributed by atoms with E-state index in [0.29, 0.717) is 5.02 Å². The van der Waals surface area contributed by atoms with Gasteiger partial charge < -0.3 is 15.8 Å². The van der Waals surface area contributed by atoms with Crippen LogP contribution in [-0.4, -0.2) is 12.1 Å². The predicted molar refractivity (Wildman–Crippen MR) is 124 cm³/mol. The molecule has 5 heteroatoms. The number of fused-ring (bicyclic) bond motifs is 1. The van der Waals surface area contributed by atoms with Gasteiger partial charge >= 0.3 is 0 Å². The Morgan fingerprint density at radius 1 is 1.28 bits per heavy atom. The van der Waals surface area contributed by atoms with E-state index in [0.717, 1.165) is 48.9 Å². The number of benzene rings is 2. The summed E-state index contributed by atoms with van der Waals surface area (Å²) in [7, 11) is 0. The van der Waals surface area contributed by atoms with Gasteiger partial charge in [-0.05, 0) is 85.3 Å². The summed E-state index contributed by atoms with van der Waals surface area (Å²) in [6.07, 6.45) is 9.18. The fourth-order valence-corrected chi connectivity index (χ4v) is 5.42. The highest BCUT2D eigenvalue weighted by molar-refractivity contribution is 9.10. The minimum absolute atomic E-state index is 0.00639. The average Bonchev–Trinajstić information content (AvgIpc) is 2.74. The van der Waals surface area contributed by atoms with E-state index in [1.807, 2.05) is 12.3 Å². The van der Waals surface area contributed by atoms with E-state index in [4.69, 9.17) is 22.1 Å². The molecule has 1 heterocycles. The van der Waals surface area contributed by atoms with Crippen molar-refractivity contribution in [3.63, 3.8) is 0 Å². The Labute approximate surface area is 186 Å². The number of ether oxygens (including phenoxy) is 1. The van der Waals surface area contributed by atoms with E-state index >= 15 is 0 Å². The van der Waals surface area contributed by atoms with Gasteiger partial charge in [0.05, 0.1) is 11.1 Å². The van der Waals surface area contributed by atoms with Crippen LogP contribution in [0.15, 0.2) is 47.1 Å². The van der Waals surface area contributed by atoms with Crippen LogP contribution in [0.2, 0.25) is 5.02 Å². The van der Waals surface area contributed by atoms with Crippen molar-refractivity contribution in [1.82, 2.24) is 5.32 Å². The van der Waals surface area contributed by atoms with E-state index in [1.165, 1.54) is 16.7 Å². The molecule has 1 fully saturated rings. The van der Waals surface area contributed by atoms with Crippen LogP contribution in [0.25, 0.3) is 6.08 Å². The zero-order chi connectivity index (χ0) is 20.4. The topological polar surface area (TPSA) is 47.3 Å². The predicted octanol–water partition coefficient (Wildman–Crippen LogP) is 6.17. The van der Waals surface area contributed by atoms with Gasteiger partial charge in [0.25, 0.3) is 0 Å². The summed E-state index contributed by atoms with van der Waals surface area (Å²) in [5, 5.41) is 3.91. The normalized spacial score (nSPS) is 24.5. The van der Waals surface area contributed by atoms with Gasteiger partial charge in [0, 0.05) is 22.5 Å². The van der Waals surface area contributed by atoms with Crippen molar-refractivity contribution in [3.8, 4) is 5.75 Å². The highest BCUT2D eigenvalue weighted by Crippen LogP contribution is 2.44. The molecule has 0 aromatic heterocycles. The lowest BCUT2D eigenvalue weighted by Crippen LogP contribution is -2.48. The molecule has 4 rings (SSSR count). The quantitative estimate of drug-likeness (QED) is 0.543. The van der Waals surface area contributed by atoms with E-state index in [9.17, 15) is 0 Å². The molecule has 0 spiro atoms. The lowest BCUT2D eigenvalue weighted by atomic mass is 9.64. The highest BCUT2D eigenvalue weighted by Gasteiger charge is 2.41. The number of hydrogen-bond donors (Lipinski definition) is 2. The number of nitrogens with one attached hydrogen (secondary N) is 1. The second-order valence-corrected chi connectivity index (χ2v) is 9.52. The zero-order valence-electron chi connectivity index (χ0n) is 16.8. The number of hydrogen-bond acceptors (Lipinski definition) is 3. The van der Waals surface area contributed by atoms with Crippen LogP contribution in [0.1, 0.15) is 55.7 Å². The second-order valence-electron chi connectivity index (χ2n) is 8.19. The van der Waals surface area contributed by atoms with E-state index in [-0.39, 0.29) is 17.6 Å². The summed E-state index contributed by atoms with van der Waals surface area (Å²) in [6, 6.07) is 12.9. The Bertz CT molecular complexity index is 906. The third-order valence-electron chi connectivity index (χ3n) is 6.53.